The Balaban J connectivity index is 2.64. The number of sulfonamides is 1. The molecule has 0 radical (unpaired) electrons. The number of amides is 1. The van der Waals surface area contributed by atoms with Crippen molar-refractivity contribution < 1.29 is 13.2 Å². The molecule has 0 aliphatic rings. The third-order valence-corrected chi connectivity index (χ3v) is 4.86. The summed E-state index contributed by atoms with van der Waals surface area (Å²) >= 11 is 0. The minimum absolute atomic E-state index is 0.0239. The normalized spacial score (nSPS) is 12.7. The Labute approximate surface area is 140 Å². The summed E-state index contributed by atoms with van der Waals surface area (Å²) in [7, 11) is -3.37. The zero-order valence-corrected chi connectivity index (χ0v) is 15.3. The van der Waals surface area contributed by atoms with Gasteiger partial charge in [-0.1, -0.05) is 31.5 Å². The van der Waals surface area contributed by atoms with Gasteiger partial charge in [0.05, 0.1) is 11.9 Å². The molecule has 0 aliphatic carbocycles. The predicted molar refractivity (Wildman–Crippen MR) is 95.1 cm³/mol. The first-order chi connectivity index (χ1) is 10.8. The largest absolute Gasteiger partial charge is 0.354 e. The number of aryl methyl sites for hydroxylation is 1. The van der Waals surface area contributed by atoms with Gasteiger partial charge in [-0.2, -0.15) is 0 Å². The SMILES string of the molecule is CCC[C@@H](C)NC(=O)CCCN(c1ccccc1C)S(C)(=O)=O. The highest BCUT2D eigenvalue weighted by Crippen LogP contribution is 2.22. The average molecular weight is 340 g/mol. The van der Waals surface area contributed by atoms with Gasteiger partial charge in [-0.05, 0) is 38.3 Å². The number of hydrogen-bond acceptors (Lipinski definition) is 3. The summed E-state index contributed by atoms with van der Waals surface area (Å²) in [6, 6.07) is 7.53. The lowest BCUT2D eigenvalue weighted by atomic mass is 10.2. The van der Waals surface area contributed by atoms with Gasteiger partial charge in [0, 0.05) is 19.0 Å². The molecule has 0 bridgehead atoms. The zero-order valence-electron chi connectivity index (χ0n) is 14.5. The molecule has 0 fully saturated rings. The first-order valence-electron chi connectivity index (χ1n) is 8.08. The van der Waals surface area contributed by atoms with Crippen molar-refractivity contribution in [1.29, 1.82) is 0 Å². The van der Waals surface area contributed by atoms with Crippen molar-refractivity contribution in [1.82, 2.24) is 5.32 Å². The fraction of sp³-hybridized carbons (Fsp3) is 0.588. The molecule has 0 heterocycles. The van der Waals surface area contributed by atoms with Crippen LogP contribution in [0.15, 0.2) is 24.3 Å². The molecule has 23 heavy (non-hydrogen) atoms. The highest BCUT2D eigenvalue weighted by atomic mass is 32.2. The quantitative estimate of drug-likeness (QED) is 0.752. The smallest absolute Gasteiger partial charge is 0.232 e. The van der Waals surface area contributed by atoms with Crippen molar-refractivity contribution in [2.75, 3.05) is 17.1 Å². The fourth-order valence-corrected chi connectivity index (χ4v) is 3.57. The first-order valence-corrected chi connectivity index (χ1v) is 9.93. The summed E-state index contributed by atoms with van der Waals surface area (Å²) in [6.45, 7) is 6.25. The minimum atomic E-state index is -3.37. The number of rotatable bonds is 9. The highest BCUT2D eigenvalue weighted by Gasteiger charge is 2.19. The molecule has 1 rings (SSSR count). The summed E-state index contributed by atoms with van der Waals surface area (Å²) in [5.74, 6) is -0.0239. The van der Waals surface area contributed by atoms with Gasteiger partial charge in [-0.3, -0.25) is 9.10 Å². The van der Waals surface area contributed by atoms with Crippen LogP contribution in [-0.2, 0) is 14.8 Å². The molecule has 0 saturated heterocycles. The van der Waals surface area contributed by atoms with Crippen molar-refractivity contribution in [2.24, 2.45) is 0 Å². The Kier molecular flexibility index (Phi) is 7.55. The Hall–Kier alpha value is -1.56. The number of nitrogens with zero attached hydrogens (tertiary/aromatic N) is 1. The highest BCUT2D eigenvalue weighted by molar-refractivity contribution is 7.92. The van der Waals surface area contributed by atoms with Crippen molar-refractivity contribution in [3.05, 3.63) is 29.8 Å². The van der Waals surface area contributed by atoms with E-state index in [1.807, 2.05) is 32.0 Å². The molecule has 1 atom stereocenters. The second kappa shape index (κ2) is 8.91. The summed E-state index contributed by atoms with van der Waals surface area (Å²) < 4.78 is 25.5. The molecule has 1 aromatic carbocycles. The zero-order chi connectivity index (χ0) is 17.5. The number of nitrogens with one attached hydrogen (secondary N) is 1. The van der Waals surface area contributed by atoms with Crippen LogP contribution in [0.5, 0.6) is 0 Å². The Morgan fingerprint density at radius 1 is 1.30 bits per heavy atom. The molecule has 1 N–H and O–H groups in total. The van der Waals surface area contributed by atoms with Crippen LogP contribution in [0, 0.1) is 6.92 Å². The summed E-state index contributed by atoms with van der Waals surface area (Å²) in [5, 5.41) is 2.94. The van der Waals surface area contributed by atoms with E-state index in [9.17, 15) is 13.2 Å². The third-order valence-electron chi connectivity index (χ3n) is 3.68. The van der Waals surface area contributed by atoms with Crippen LogP contribution < -0.4 is 9.62 Å². The average Bonchev–Trinajstić information content (AvgIpc) is 2.43. The maximum Gasteiger partial charge on any atom is 0.232 e. The standard InChI is InChI=1S/C17H28N2O3S/c1-5-9-15(3)18-17(20)12-8-13-19(23(4,21)22)16-11-7-6-10-14(16)2/h6-7,10-11,15H,5,8-9,12-13H2,1-4H3,(H,18,20)/t15-/m1/s1. The Bertz CT molecular complexity index is 614. The summed E-state index contributed by atoms with van der Waals surface area (Å²) in [6.07, 6.45) is 3.99. The molecule has 5 nitrogen and oxygen atoms in total. The van der Waals surface area contributed by atoms with E-state index in [1.54, 1.807) is 6.07 Å². The Morgan fingerprint density at radius 2 is 1.96 bits per heavy atom. The van der Waals surface area contributed by atoms with E-state index in [4.69, 9.17) is 0 Å². The van der Waals surface area contributed by atoms with Crippen molar-refractivity contribution >= 4 is 21.6 Å². The lowest BCUT2D eigenvalue weighted by Crippen LogP contribution is -2.34. The van der Waals surface area contributed by atoms with Crippen LogP contribution in [0.3, 0.4) is 0 Å². The molecule has 6 heteroatoms. The van der Waals surface area contributed by atoms with Crippen LogP contribution in [-0.4, -0.2) is 33.2 Å². The minimum Gasteiger partial charge on any atom is -0.354 e. The van der Waals surface area contributed by atoms with E-state index in [0.717, 1.165) is 18.4 Å². The van der Waals surface area contributed by atoms with Crippen molar-refractivity contribution in [3.63, 3.8) is 0 Å². The molecule has 1 aromatic rings. The maximum absolute atomic E-state index is 12.0. The van der Waals surface area contributed by atoms with E-state index in [1.165, 1.54) is 10.6 Å². The molecule has 1 amide bonds. The molecule has 0 aliphatic heterocycles. The number of carbonyl (C=O) groups is 1. The van der Waals surface area contributed by atoms with Crippen LogP contribution in [0.2, 0.25) is 0 Å². The predicted octanol–water partition coefficient (Wildman–Crippen LogP) is 2.85. The molecule has 0 spiro atoms. The van der Waals surface area contributed by atoms with Gasteiger partial charge < -0.3 is 5.32 Å². The van der Waals surface area contributed by atoms with Crippen molar-refractivity contribution in [3.8, 4) is 0 Å². The first kappa shape index (κ1) is 19.5. The van der Waals surface area contributed by atoms with E-state index in [-0.39, 0.29) is 11.9 Å². The lowest BCUT2D eigenvalue weighted by molar-refractivity contribution is -0.121. The number of para-hydroxylation sites is 1. The second-order valence-electron chi connectivity index (χ2n) is 5.98. The lowest BCUT2D eigenvalue weighted by Gasteiger charge is -2.24. The third kappa shape index (κ3) is 6.60. The Morgan fingerprint density at radius 3 is 2.52 bits per heavy atom. The number of benzene rings is 1. The van der Waals surface area contributed by atoms with Crippen molar-refractivity contribution in [2.45, 2.75) is 52.5 Å². The molecule has 0 aromatic heterocycles. The number of hydrogen-bond donors (Lipinski definition) is 1. The molecule has 130 valence electrons. The van der Waals surface area contributed by atoms with Gasteiger partial charge in [0.1, 0.15) is 0 Å². The fourth-order valence-electron chi connectivity index (χ4n) is 2.54. The monoisotopic (exact) mass is 340 g/mol. The van der Waals surface area contributed by atoms with Crippen LogP contribution in [0.1, 0.15) is 45.1 Å². The summed E-state index contributed by atoms with van der Waals surface area (Å²) in [5.41, 5.74) is 1.58. The van der Waals surface area contributed by atoms with Gasteiger partial charge in [-0.15, -0.1) is 0 Å². The van der Waals surface area contributed by atoms with Gasteiger partial charge >= 0.3 is 0 Å². The van der Waals surface area contributed by atoms with E-state index in [2.05, 4.69) is 12.2 Å². The van der Waals surface area contributed by atoms with Crippen LogP contribution in [0.25, 0.3) is 0 Å². The maximum atomic E-state index is 12.0. The van der Waals surface area contributed by atoms with Crippen LogP contribution >= 0.6 is 0 Å². The topological polar surface area (TPSA) is 66.5 Å². The molecule has 0 saturated carbocycles. The van der Waals surface area contributed by atoms with Gasteiger partial charge in [-0.25, -0.2) is 8.42 Å². The number of carbonyl (C=O) groups excluding carboxylic acids is 1. The molecule has 0 unspecified atom stereocenters. The second-order valence-corrected chi connectivity index (χ2v) is 7.89. The summed E-state index contributed by atoms with van der Waals surface area (Å²) in [4.78, 5) is 11.9. The molecular weight excluding hydrogens is 312 g/mol. The van der Waals surface area contributed by atoms with Crippen LogP contribution in [0.4, 0.5) is 5.69 Å². The van der Waals surface area contributed by atoms with Gasteiger partial charge in [0.2, 0.25) is 15.9 Å². The van der Waals surface area contributed by atoms with Gasteiger partial charge in [0.15, 0.2) is 0 Å². The van der Waals surface area contributed by atoms with Gasteiger partial charge in [0.25, 0.3) is 0 Å². The van der Waals surface area contributed by atoms with E-state index >= 15 is 0 Å². The molecular formula is C17H28N2O3S. The number of anilines is 1. The van der Waals surface area contributed by atoms with E-state index in [0.29, 0.717) is 25.1 Å². The van der Waals surface area contributed by atoms with E-state index < -0.39 is 10.0 Å².